The molecule has 2 rings (SSSR count). The molecule has 1 heterocycles. The van der Waals surface area contributed by atoms with Gasteiger partial charge in [-0.2, -0.15) is 0 Å². The molecule has 0 amide bonds. The molecule has 21 heavy (non-hydrogen) atoms. The van der Waals surface area contributed by atoms with Gasteiger partial charge < -0.3 is 0 Å². The number of aromatic nitrogens is 3. The third-order valence-electron chi connectivity index (χ3n) is 2.61. The van der Waals surface area contributed by atoms with Gasteiger partial charge in [0.25, 0.3) is 0 Å². The highest BCUT2D eigenvalue weighted by Crippen LogP contribution is 2.22. The van der Waals surface area contributed by atoms with Gasteiger partial charge in [0, 0.05) is 5.02 Å². The van der Waals surface area contributed by atoms with Crippen LogP contribution in [0, 0.1) is 11.6 Å². The Bertz CT molecular complexity index is 740. The number of aryl methyl sites for hydroxylation is 1. The van der Waals surface area contributed by atoms with Crippen LogP contribution in [0.3, 0.4) is 0 Å². The number of nitrogens with zero attached hydrogens (tertiary/aromatic N) is 3. The van der Waals surface area contributed by atoms with E-state index in [-0.39, 0.29) is 23.6 Å². The van der Waals surface area contributed by atoms with Gasteiger partial charge in [0.2, 0.25) is 10.0 Å². The fourth-order valence-corrected chi connectivity index (χ4v) is 2.47. The summed E-state index contributed by atoms with van der Waals surface area (Å²) in [6, 6.07) is 1.92. The Morgan fingerprint density at radius 1 is 1.29 bits per heavy atom. The number of hydrogen-bond acceptors (Lipinski definition) is 4. The molecule has 0 saturated carbocycles. The van der Waals surface area contributed by atoms with Crippen molar-refractivity contribution in [2.45, 2.75) is 12.8 Å². The molecule has 0 radical (unpaired) electrons. The van der Waals surface area contributed by atoms with Crippen LogP contribution in [0.4, 0.5) is 8.78 Å². The molecule has 0 unspecified atom stereocenters. The van der Waals surface area contributed by atoms with E-state index < -0.39 is 27.3 Å². The van der Waals surface area contributed by atoms with Crippen LogP contribution in [-0.4, -0.2) is 29.2 Å². The predicted octanol–water partition coefficient (Wildman–Crippen LogP) is 1.42. The minimum absolute atomic E-state index is 0.0674. The minimum atomic E-state index is -3.55. The second kappa shape index (κ2) is 6.04. The third kappa shape index (κ3) is 4.19. The predicted molar refractivity (Wildman–Crippen MR) is 72.6 cm³/mol. The van der Waals surface area contributed by atoms with Crippen LogP contribution in [0.15, 0.2) is 18.3 Å². The number of nitrogens with two attached hydrogens (primary N) is 1. The molecule has 0 aliphatic heterocycles. The van der Waals surface area contributed by atoms with E-state index >= 15 is 0 Å². The summed E-state index contributed by atoms with van der Waals surface area (Å²) in [6.07, 6.45) is 1.83. The molecule has 0 bridgehead atoms. The van der Waals surface area contributed by atoms with Crippen molar-refractivity contribution >= 4 is 21.6 Å². The minimum Gasteiger partial charge on any atom is -0.229 e. The van der Waals surface area contributed by atoms with E-state index in [4.69, 9.17) is 16.7 Å². The SMILES string of the molecule is NS(=O)(=O)CCCc1cn(-c2c(F)cc(Cl)cc2F)nn1. The number of rotatable bonds is 5. The average molecular weight is 337 g/mol. The summed E-state index contributed by atoms with van der Waals surface area (Å²) in [7, 11) is -3.55. The second-order valence-corrected chi connectivity index (χ2v) is 6.51. The molecule has 114 valence electrons. The lowest BCUT2D eigenvalue weighted by Crippen LogP contribution is -2.16. The van der Waals surface area contributed by atoms with Gasteiger partial charge in [0.05, 0.1) is 17.6 Å². The highest BCUT2D eigenvalue weighted by atomic mass is 35.5. The summed E-state index contributed by atoms with van der Waals surface area (Å²) in [5.74, 6) is -1.95. The molecular formula is C11H11ClF2N4O2S. The summed E-state index contributed by atoms with van der Waals surface area (Å²) in [5.41, 5.74) is -0.00278. The van der Waals surface area contributed by atoms with Crippen molar-refractivity contribution in [3.05, 3.63) is 40.7 Å². The first kappa shape index (κ1) is 15.8. The molecule has 1 aromatic carbocycles. The smallest absolute Gasteiger partial charge is 0.209 e. The van der Waals surface area contributed by atoms with Crippen molar-refractivity contribution in [3.8, 4) is 5.69 Å². The largest absolute Gasteiger partial charge is 0.229 e. The van der Waals surface area contributed by atoms with E-state index in [1.54, 1.807) is 0 Å². The first-order valence-electron chi connectivity index (χ1n) is 5.83. The molecule has 0 aliphatic carbocycles. The molecule has 0 aliphatic rings. The summed E-state index contributed by atoms with van der Waals surface area (Å²) >= 11 is 5.53. The zero-order valence-corrected chi connectivity index (χ0v) is 12.2. The van der Waals surface area contributed by atoms with Gasteiger partial charge in [0.15, 0.2) is 11.6 Å². The molecule has 6 nitrogen and oxygen atoms in total. The maximum Gasteiger partial charge on any atom is 0.209 e. The van der Waals surface area contributed by atoms with Crippen molar-refractivity contribution in [2.75, 3.05) is 5.75 Å². The lowest BCUT2D eigenvalue weighted by Gasteiger charge is -2.04. The Balaban J connectivity index is 2.17. The average Bonchev–Trinajstić information content (AvgIpc) is 2.74. The van der Waals surface area contributed by atoms with Gasteiger partial charge in [-0.05, 0) is 25.0 Å². The molecular weight excluding hydrogens is 326 g/mol. The first-order chi connectivity index (χ1) is 9.76. The molecule has 1 aromatic heterocycles. The topological polar surface area (TPSA) is 90.9 Å². The Kier molecular flexibility index (Phi) is 4.55. The van der Waals surface area contributed by atoms with Gasteiger partial charge in [-0.3, -0.25) is 0 Å². The van der Waals surface area contributed by atoms with Gasteiger partial charge >= 0.3 is 0 Å². The normalized spacial score (nSPS) is 11.8. The monoisotopic (exact) mass is 336 g/mol. The van der Waals surface area contributed by atoms with Crippen LogP contribution in [0.2, 0.25) is 5.02 Å². The Morgan fingerprint density at radius 3 is 2.48 bits per heavy atom. The maximum absolute atomic E-state index is 13.7. The highest BCUT2D eigenvalue weighted by molar-refractivity contribution is 7.89. The fourth-order valence-electron chi connectivity index (χ4n) is 1.73. The molecule has 0 atom stereocenters. The van der Waals surface area contributed by atoms with Crippen LogP contribution < -0.4 is 5.14 Å². The first-order valence-corrected chi connectivity index (χ1v) is 7.92. The molecule has 0 spiro atoms. The number of sulfonamides is 1. The maximum atomic E-state index is 13.7. The van der Waals surface area contributed by atoms with Crippen molar-refractivity contribution in [3.63, 3.8) is 0 Å². The van der Waals surface area contributed by atoms with E-state index in [2.05, 4.69) is 10.3 Å². The van der Waals surface area contributed by atoms with Crippen molar-refractivity contribution in [2.24, 2.45) is 5.14 Å². The summed E-state index contributed by atoms with van der Waals surface area (Å²) in [5, 5.41) is 12.1. The van der Waals surface area contributed by atoms with E-state index in [9.17, 15) is 17.2 Å². The lowest BCUT2D eigenvalue weighted by molar-refractivity contribution is 0.556. The van der Waals surface area contributed by atoms with Crippen molar-refractivity contribution < 1.29 is 17.2 Å². The highest BCUT2D eigenvalue weighted by Gasteiger charge is 2.15. The summed E-state index contributed by atoms with van der Waals surface area (Å²) in [6.45, 7) is 0. The quantitative estimate of drug-likeness (QED) is 0.894. The Hall–Kier alpha value is -1.58. The molecule has 2 aromatic rings. The van der Waals surface area contributed by atoms with Crippen LogP contribution in [-0.2, 0) is 16.4 Å². The summed E-state index contributed by atoms with van der Waals surface area (Å²) in [4.78, 5) is 0. The van der Waals surface area contributed by atoms with Gasteiger partial charge in [-0.25, -0.2) is 27.0 Å². The van der Waals surface area contributed by atoms with Crippen molar-refractivity contribution in [1.29, 1.82) is 0 Å². The van der Waals surface area contributed by atoms with E-state index in [1.165, 1.54) is 6.20 Å². The Labute approximate surface area is 124 Å². The Morgan fingerprint density at radius 2 is 1.90 bits per heavy atom. The van der Waals surface area contributed by atoms with Crippen LogP contribution in [0.5, 0.6) is 0 Å². The number of primary sulfonamides is 1. The number of benzene rings is 1. The van der Waals surface area contributed by atoms with Gasteiger partial charge in [-0.1, -0.05) is 16.8 Å². The molecule has 0 saturated heterocycles. The molecule has 2 N–H and O–H groups in total. The van der Waals surface area contributed by atoms with E-state index in [0.29, 0.717) is 5.69 Å². The van der Waals surface area contributed by atoms with Crippen LogP contribution in [0.25, 0.3) is 5.69 Å². The zero-order valence-electron chi connectivity index (χ0n) is 10.6. The van der Waals surface area contributed by atoms with Crippen molar-refractivity contribution in [1.82, 2.24) is 15.0 Å². The zero-order chi connectivity index (χ0) is 15.6. The standard InChI is InChI=1S/C11H11ClF2N4O2S/c12-7-4-9(13)11(10(14)5-7)18-6-8(16-17-18)2-1-3-21(15,19)20/h4-6H,1-3H2,(H2,15,19,20). The third-order valence-corrected chi connectivity index (χ3v) is 3.69. The molecule has 0 fully saturated rings. The second-order valence-electron chi connectivity index (χ2n) is 4.34. The van der Waals surface area contributed by atoms with Crippen LogP contribution >= 0.6 is 11.6 Å². The van der Waals surface area contributed by atoms with Gasteiger partial charge in [-0.15, -0.1) is 5.10 Å². The number of hydrogen-bond donors (Lipinski definition) is 1. The fraction of sp³-hybridized carbons (Fsp3) is 0.273. The van der Waals surface area contributed by atoms with Gasteiger partial charge in [0.1, 0.15) is 5.69 Å². The number of halogens is 3. The van der Waals surface area contributed by atoms with Crippen LogP contribution in [0.1, 0.15) is 12.1 Å². The lowest BCUT2D eigenvalue weighted by atomic mass is 10.2. The summed E-state index contributed by atoms with van der Waals surface area (Å²) < 4.78 is 49.9. The van der Waals surface area contributed by atoms with E-state index in [0.717, 1.165) is 16.8 Å². The van der Waals surface area contributed by atoms with E-state index in [1.807, 2.05) is 0 Å². The molecule has 10 heteroatoms.